The number of aromatic nitrogens is 1. The summed E-state index contributed by atoms with van der Waals surface area (Å²) in [6.07, 6.45) is 7.48. The maximum Gasteiger partial charge on any atom is 0.157 e. The molecule has 2 heterocycles. The van der Waals surface area contributed by atoms with Crippen molar-refractivity contribution in [3.05, 3.63) is 76.6 Å². The molecule has 2 aromatic carbocycles. The first kappa shape index (κ1) is 17.6. The Hall–Kier alpha value is -3.51. The Morgan fingerprint density at radius 2 is 1.69 bits per heavy atom. The van der Waals surface area contributed by atoms with Crippen molar-refractivity contribution in [2.75, 3.05) is 11.9 Å². The zero-order chi connectivity index (χ0) is 20.2. The number of nitrogens with zero attached hydrogens (tertiary/aromatic N) is 1. The van der Waals surface area contributed by atoms with Gasteiger partial charge in [0.15, 0.2) is 11.5 Å². The molecular formula is C23H20N2O4. The minimum atomic E-state index is -1.07. The van der Waals surface area contributed by atoms with Gasteiger partial charge in [0.1, 0.15) is 5.75 Å². The number of aliphatic hydroxyl groups is 1. The van der Waals surface area contributed by atoms with Crippen LogP contribution in [0.3, 0.4) is 0 Å². The van der Waals surface area contributed by atoms with Crippen LogP contribution < -0.4 is 5.32 Å². The van der Waals surface area contributed by atoms with E-state index >= 15 is 0 Å². The van der Waals surface area contributed by atoms with Crippen LogP contribution in [0.1, 0.15) is 33.7 Å². The lowest BCUT2D eigenvalue weighted by atomic mass is 9.78. The van der Waals surface area contributed by atoms with E-state index in [2.05, 4.69) is 10.3 Å². The van der Waals surface area contributed by atoms with Gasteiger partial charge in [-0.15, -0.1) is 0 Å². The Labute approximate surface area is 167 Å². The number of hydrogen-bond donors (Lipinski definition) is 5. The van der Waals surface area contributed by atoms with Gasteiger partial charge in [-0.1, -0.05) is 12.2 Å². The predicted molar refractivity (Wildman–Crippen MR) is 110 cm³/mol. The van der Waals surface area contributed by atoms with Gasteiger partial charge in [-0.3, -0.25) is 4.98 Å². The third-order valence-electron chi connectivity index (χ3n) is 5.84. The lowest BCUT2D eigenvalue weighted by molar-refractivity contribution is 0.0454. The molecule has 146 valence electrons. The van der Waals surface area contributed by atoms with E-state index in [-0.39, 0.29) is 23.2 Å². The highest BCUT2D eigenvalue weighted by molar-refractivity contribution is 5.77. The normalized spacial score (nSPS) is 22.0. The Morgan fingerprint density at radius 1 is 0.931 bits per heavy atom. The number of aromatic hydroxyl groups is 3. The molecular weight excluding hydrogens is 368 g/mol. The average molecular weight is 388 g/mol. The van der Waals surface area contributed by atoms with Gasteiger partial charge >= 0.3 is 0 Å². The molecule has 6 nitrogen and oxygen atoms in total. The lowest BCUT2D eigenvalue weighted by Crippen LogP contribution is -2.45. The van der Waals surface area contributed by atoms with E-state index in [0.717, 1.165) is 27.9 Å². The molecule has 3 aromatic rings. The SMILES string of the molecule is Oc1cc2c(cc1O)[C@@H]1c3cc(/C=C/c4ccncc4)c(O)cc3NC[C@]1(O)C2. The zero-order valence-corrected chi connectivity index (χ0v) is 15.5. The predicted octanol–water partition coefficient (Wildman–Crippen LogP) is 3.21. The van der Waals surface area contributed by atoms with Crippen molar-refractivity contribution in [2.24, 2.45) is 0 Å². The topological polar surface area (TPSA) is 106 Å². The summed E-state index contributed by atoms with van der Waals surface area (Å²) in [7, 11) is 0. The van der Waals surface area contributed by atoms with Crippen molar-refractivity contribution in [3.8, 4) is 17.2 Å². The first-order valence-electron chi connectivity index (χ1n) is 9.41. The monoisotopic (exact) mass is 388 g/mol. The van der Waals surface area contributed by atoms with Gasteiger partial charge in [-0.2, -0.15) is 0 Å². The maximum absolute atomic E-state index is 11.3. The molecule has 5 rings (SSSR count). The third-order valence-corrected chi connectivity index (χ3v) is 5.84. The summed E-state index contributed by atoms with van der Waals surface area (Å²) in [6, 6.07) is 10.3. The lowest BCUT2D eigenvalue weighted by Gasteiger charge is -2.37. The van der Waals surface area contributed by atoms with Gasteiger partial charge in [0, 0.05) is 48.6 Å². The van der Waals surface area contributed by atoms with Crippen LogP contribution in [0.15, 0.2) is 48.8 Å². The highest BCUT2D eigenvalue weighted by Crippen LogP contribution is 2.52. The number of hydrogen-bond acceptors (Lipinski definition) is 6. The summed E-state index contributed by atoms with van der Waals surface area (Å²) in [6.45, 7) is 0.312. The van der Waals surface area contributed by atoms with Crippen LogP contribution in [0.2, 0.25) is 0 Å². The largest absolute Gasteiger partial charge is 0.507 e. The quantitative estimate of drug-likeness (QED) is 0.432. The molecule has 0 spiro atoms. The maximum atomic E-state index is 11.3. The summed E-state index contributed by atoms with van der Waals surface area (Å²) in [5.41, 5.74) is 3.71. The number of phenols is 3. The molecule has 6 heteroatoms. The molecule has 5 N–H and O–H groups in total. The third kappa shape index (κ3) is 2.80. The van der Waals surface area contributed by atoms with Crippen LogP contribution in [0.5, 0.6) is 17.2 Å². The average Bonchev–Trinajstić information content (AvgIpc) is 2.99. The molecule has 0 radical (unpaired) electrons. The molecule has 1 aromatic heterocycles. The molecule has 0 unspecified atom stereocenters. The van der Waals surface area contributed by atoms with Crippen molar-refractivity contribution in [2.45, 2.75) is 17.9 Å². The van der Waals surface area contributed by atoms with E-state index in [1.54, 1.807) is 18.5 Å². The molecule has 1 aliphatic carbocycles. The Balaban J connectivity index is 1.62. The van der Waals surface area contributed by atoms with Crippen LogP contribution in [-0.4, -0.2) is 37.6 Å². The zero-order valence-electron chi connectivity index (χ0n) is 15.5. The minimum Gasteiger partial charge on any atom is -0.507 e. The van der Waals surface area contributed by atoms with Crippen molar-refractivity contribution >= 4 is 17.8 Å². The second-order valence-electron chi connectivity index (χ2n) is 7.72. The van der Waals surface area contributed by atoms with Gasteiger partial charge < -0.3 is 25.7 Å². The fourth-order valence-corrected chi connectivity index (χ4v) is 4.46. The molecule has 0 saturated carbocycles. The van der Waals surface area contributed by atoms with Crippen molar-refractivity contribution in [1.29, 1.82) is 0 Å². The number of β-amino-alcohol motifs (C(OH)–C–C–N with tert-alkyl or cyclic N) is 1. The van der Waals surface area contributed by atoms with E-state index in [0.29, 0.717) is 18.5 Å². The first-order chi connectivity index (χ1) is 13.9. The smallest absolute Gasteiger partial charge is 0.157 e. The van der Waals surface area contributed by atoms with Gasteiger partial charge in [0.25, 0.3) is 0 Å². The molecule has 0 saturated heterocycles. The van der Waals surface area contributed by atoms with E-state index < -0.39 is 5.60 Å². The number of benzene rings is 2. The molecule has 2 atom stereocenters. The Morgan fingerprint density at radius 3 is 2.48 bits per heavy atom. The summed E-state index contributed by atoms with van der Waals surface area (Å²) in [4.78, 5) is 4.00. The minimum absolute atomic E-state index is 0.138. The van der Waals surface area contributed by atoms with Crippen molar-refractivity contribution in [3.63, 3.8) is 0 Å². The van der Waals surface area contributed by atoms with Crippen LogP contribution >= 0.6 is 0 Å². The van der Waals surface area contributed by atoms with E-state index in [9.17, 15) is 20.4 Å². The number of rotatable bonds is 2. The highest BCUT2D eigenvalue weighted by Gasteiger charge is 2.49. The molecule has 0 amide bonds. The van der Waals surface area contributed by atoms with E-state index in [4.69, 9.17) is 0 Å². The van der Waals surface area contributed by atoms with Gasteiger partial charge in [0.2, 0.25) is 0 Å². The van der Waals surface area contributed by atoms with Crippen LogP contribution in [0.25, 0.3) is 12.2 Å². The fraction of sp³-hybridized carbons (Fsp3) is 0.174. The summed E-state index contributed by atoms with van der Waals surface area (Å²) in [5.74, 6) is -0.622. The van der Waals surface area contributed by atoms with Gasteiger partial charge in [-0.05, 0) is 52.6 Å². The molecule has 2 aliphatic rings. The van der Waals surface area contributed by atoms with Gasteiger partial charge in [0.05, 0.1) is 5.60 Å². The number of anilines is 1. The summed E-state index contributed by atoms with van der Waals surface area (Å²) >= 11 is 0. The van der Waals surface area contributed by atoms with Crippen LogP contribution in [0, 0.1) is 0 Å². The Kier molecular flexibility index (Phi) is 3.79. The second kappa shape index (κ2) is 6.25. The van der Waals surface area contributed by atoms with E-state index in [1.165, 1.54) is 12.1 Å². The summed E-state index contributed by atoms with van der Waals surface area (Å²) < 4.78 is 0. The number of pyridine rings is 1. The van der Waals surface area contributed by atoms with Crippen LogP contribution in [0.4, 0.5) is 5.69 Å². The van der Waals surface area contributed by atoms with Crippen molar-refractivity contribution < 1.29 is 20.4 Å². The summed E-state index contributed by atoms with van der Waals surface area (Å²) in [5, 5.41) is 44.9. The fourth-order valence-electron chi connectivity index (χ4n) is 4.46. The standard InChI is InChI=1S/C23H20N2O4/c26-19-10-18-17(7-14(19)2-1-13-3-5-24-6-4-13)22-16-9-21(28)20(27)8-15(16)11-23(22,29)12-25-18/h1-10,22,25-29H,11-12H2/b2-1+/t22-,23-/m1/s1. The molecule has 1 aliphatic heterocycles. The van der Waals surface area contributed by atoms with Crippen LogP contribution in [-0.2, 0) is 6.42 Å². The van der Waals surface area contributed by atoms with Gasteiger partial charge in [-0.25, -0.2) is 0 Å². The number of nitrogens with one attached hydrogen (secondary N) is 1. The van der Waals surface area contributed by atoms with Crippen molar-refractivity contribution in [1.82, 2.24) is 4.98 Å². The first-order valence-corrected chi connectivity index (χ1v) is 9.41. The number of phenolic OH excluding ortho intramolecular Hbond substituents is 3. The molecule has 0 bridgehead atoms. The molecule has 0 fully saturated rings. The molecule has 29 heavy (non-hydrogen) atoms. The Bertz CT molecular complexity index is 1140. The number of fused-ring (bicyclic) bond motifs is 5. The highest BCUT2D eigenvalue weighted by atomic mass is 16.3. The van der Waals surface area contributed by atoms with E-state index in [1.807, 2.05) is 30.4 Å². The second-order valence-corrected chi connectivity index (χ2v) is 7.72.